The van der Waals surface area contributed by atoms with Crippen LogP contribution >= 0.6 is 0 Å². The number of halogens is 1. The standard InChI is InChI=1S/C13H18FNO4S/c1-15(6-7-20(3,17)18)9-12(16)11-8-10(14)4-5-13(11)19-2/h4-5,8H,6-7,9H2,1-3H3. The molecule has 0 unspecified atom stereocenters. The Morgan fingerprint density at radius 3 is 2.60 bits per heavy atom. The molecule has 0 atom stereocenters. The summed E-state index contributed by atoms with van der Waals surface area (Å²) in [5, 5.41) is 0. The van der Waals surface area contributed by atoms with Gasteiger partial charge in [0.2, 0.25) is 0 Å². The van der Waals surface area contributed by atoms with Crippen molar-refractivity contribution >= 4 is 15.6 Å². The average Bonchev–Trinajstić information content (AvgIpc) is 2.35. The molecule has 0 saturated heterocycles. The van der Waals surface area contributed by atoms with Gasteiger partial charge in [0.15, 0.2) is 5.78 Å². The Balaban J connectivity index is 2.73. The van der Waals surface area contributed by atoms with E-state index in [0.29, 0.717) is 5.75 Å². The maximum absolute atomic E-state index is 13.2. The maximum Gasteiger partial charge on any atom is 0.180 e. The lowest BCUT2D eigenvalue weighted by Crippen LogP contribution is -2.30. The van der Waals surface area contributed by atoms with E-state index in [1.807, 2.05) is 0 Å². The summed E-state index contributed by atoms with van der Waals surface area (Å²) in [4.78, 5) is 13.7. The number of hydrogen-bond acceptors (Lipinski definition) is 5. The lowest BCUT2D eigenvalue weighted by molar-refractivity contribution is 0.0945. The number of Topliss-reactive ketones (excluding diaryl/α,β-unsaturated/α-hetero) is 1. The molecule has 112 valence electrons. The third kappa shape index (κ3) is 5.26. The number of carbonyl (C=O) groups excluding carboxylic acids is 1. The van der Waals surface area contributed by atoms with Gasteiger partial charge in [-0.05, 0) is 25.2 Å². The lowest BCUT2D eigenvalue weighted by Gasteiger charge is -2.16. The third-order valence-electron chi connectivity index (χ3n) is 2.72. The van der Waals surface area contributed by atoms with E-state index in [9.17, 15) is 17.6 Å². The number of rotatable bonds is 7. The first-order valence-corrected chi connectivity index (χ1v) is 8.02. The van der Waals surface area contributed by atoms with E-state index in [-0.39, 0.29) is 30.2 Å². The highest BCUT2D eigenvalue weighted by molar-refractivity contribution is 7.90. The molecule has 0 spiro atoms. The number of hydrogen-bond donors (Lipinski definition) is 0. The average molecular weight is 303 g/mol. The summed E-state index contributed by atoms with van der Waals surface area (Å²) in [6.07, 6.45) is 1.14. The zero-order chi connectivity index (χ0) is 15.3. The van der Waals surface area contributed by atoms with Crippen molar-refractivity contribution in [3.05, 3.63) is 29.6 Å². The van der Waals surface area contributed by atoms with Crippen LogP contribution in [0.3, 0.4) is 0 Å². The summed E-state index contributed by atoms with van der Waals surface area (Å²) in [6, 6.07) is 3.72. The van der Waals surface area contributed by atoms with Crippen LogP contribution in [0, 0.1) is 5.82 Å². The third-order valence-corrected chi connectivity index (χ3v) is 3.64. The van der Waals surface area contributed by atoms with Gasteiger partial charge < -0.3 is 4.74 Å². The molecule has 1 aromatic rings. The van der Waals surface area contributed by atoms with E-state index in [4.69, 9.17) is 4.74 Å². The van der Waals surface area contributed by atoms with Crippen LogP contribution in [-0.2, 0) is 9.84 Å². The summed E-state index contributed by atoms with van der Waals surface area (Å²) in [5.74, 6) is -0.574. The number of nitrogens with zero attached hydrogens (tertiary/aromatic N) is 1. The molecule has 0 aliphatic heterocycles. The molecule has 0 saturated carbocycles. The molecule has 7 heteroatoms. The van der Waals surface area contributed by atoms with Crippen LogP contribution in [0.15, 0.2) is 18.2 Å². The molecule has 5 nitrogen and oxygen atoms in total. The highest BCUT2D eigenvalue weighted by Gasteiger charge is 2.16. The zero-order valence-corrected chi connectivity index (χ0v) is 12.5. The molecule has 0 fully saturated rings. The van der Waals surface area contributed by atoms with Gasteiger partial charge in [0.1, 0.15) is 21.4 Å². The van der Waals surface area contributed by atoms with Crippen molar-refractivity contribution in [2.24, 2.45) is 0 Å². The van der Waals surface area contributed by atoms with Crippen LogP contribution in [0.2, 0.25) is 0 Å². The van der Waals surface area contributed by atoms with Gasteiger partial charge in [0, 0.05) is 12.8 Å². The predicted molar refractivity (Wildman–Crippen MR) is 74.5 cm³/mol. The van der Waals surface area contributed by atoms with E-state index < -0.39 is 15.7 Å². The molecule has 0 aliphatic carbocycles. The highest BCUT2D eigenvalue weighted by Crippen LogP contribution is 2.20. The lowest BCUT2D eigenvalue weighted by atomic mass is 10.1. The van der Waals surface area contributed by atoms with Gasteiger partial charge in [0.25, 0.3) is 0 Å². The molecule has 0 N–H and O–H groups in total. The second kappa shape index (κ2) is 6.81. The van der Waals surface area contributed by atoms with Crippen molar-refractivity contribution in [3.8, 4) is 5.75 Å². The number of carbonyl (C=O) groups is 1. The first-order chi connectivity index (χ1) is 9.23. The molecular formula is C13H18FNO4S. The van der Waals surface area contributed by atoms with Gasteiger partial charge in [-0.15, -0.1) is 0 Å². The molecule has 1 aromatic carbocycles. The topological polar surface area (TPSA) is 63.7 Å². The van der Waals surface area contributed by atoms with Crippen molar-refractivity contribution in [1.29, 1.82) is 0 Å². The molecule has 1 rings (SSSR count). The monoisotopic (exact) mass is 303 g/mol. The molecular weight excluding hydrogens is 285 g/mol. The molecule has 0 amide bonds. The smallest absolute Gasteiger partial charge is 0.180 e. The van der Waals surface area contributed by atoms with Crippen LogP contribution in [-0.4, -0.2) is 58.4 Å². The second-order valence-electron chi connectivity index (χ2n) is 4.64. The van der Waals surface area contributed by atoms with Crippen LogP contribution in [0.5, 0.6) is 5.75 Å². The van der Waals surface area contributed by atoms with Crippen LogP contribution < -0.4 is 4.74 Å². The Morgan fingerprint density at radius 1 is 1.40 bits per heavy atom. The fraction of sp³-hybridized carbons (Fsp3) is 0.462. The van der Waals surface area contributed by atoms with Crippen molar-refractivity contribution in [2.45, 2.75) is 0 Å². The summed E-state index contributed by atoms with van der Waals surface area (Å²) >= 11 is 0. The Morgan fingerprint density at radius 2 is 2.05 bits per heavy atom. The maximum atomic E-state index is 13.2. The van der Waals surface area contributed by atoms with Gasteiger partial charge in [-0.2, -0.15) is 0 Å². The number of ketones is 1. The first kappa shape index (κ1) is 16.6. The van der Waals surface area contributed by atoms with Gasteiger partial charge in [-0.25, -0.2) is 12.8 Å². The van der Waals surface area contributed by atoms with E-state index in [2.05, 4.69) is 0 Å². The van der Waals surface area contributed by atoms with Crippen molar-refractivity contribution in [1.82, 2.24) is 4.90 Å². The van der Waals surface area contributed by atoms with Gasteiger partial charge in [0.05, 0.1) is 25.0 Å². The van der Waals surface area contributed by atoms with E-state index in [0.717, 1.165) is 12.3 Å². The first-order valence-electron chi connectivity index (χ1n) is 5.96. The van der Waals surface area contributed by atoms with Crippen molar-refractivity contribution in [2.75, 3.05) is 39.3 Å². The van der Waals surface area contributed by atoms with Crippen LogP contribution in [0.4, 0.5) is 4.39 Å². The SMILES string of the molecule is COc1ccc(F)cc1C(=O)CN(C)CCS(C)(=O)=O. The van der Waals surface area contributed by atoms with E-state index in [1.54, 1.807) is 11.9 Å². The number of benzene rings is 1. The minimum atomic E-state index is -3.08. The van der Waals surface area contributed by atoms with Crippen LogP contribution in [0.1, 0.15) is 10.4 Å². The normalized spacial score (nSPS) is 11.7. The quantitative estimate of drug-likeness (QED) is 0.703. The Hall–Kier alpha value is -1.47. The number of methoxy groups -OCH3 is 1. The Bertz CT molecular complexity index is 586. The molecule has 0 radical (unpaired) electrons. The number of sulfone groups is 1. The molecule has 0 heterocycles. The largest absolute Gasteiger partial charge is 0.496 e. The van der Waals surface area contributed by atoms with Gasteiger partial charge in [-0.1, -0.05) is 0 Å². The second-order valence-corrected chi connectivity index (χ2v) is 6.90. The van der Waals surface area contributed by atoms with Crippen molar-refractivity contribution < 1.29 is 22.3 Å². The predicted octanol–water partition coefficient (Wildman–Crippen LogP) is 0.993. The molecule has 0 bridgehead atoms. The minimum Gasteiger partial charge on any atom is -0.496 e. The Kier molecular flexibility index (Phi) is 5.64. The summed E-state index contributed by atoms with van der Waals surface area (Å²) in [7, 11) is -0.0428. The van der Waals surface area contributed by atoms with E-state index >= 15 is 0 Å². The Labute approximate surface area is 118 Å². The zero-order valence-electron chi connectivity index (χ0n) is 11.7. The summed E-state index contributed by atoms with van der Waals surface area (Å²) in [6.45, 7) is 0.234. The van der Waals surface area contributed by atoms with Gasteiger partial charge in [-0.3, -0.25) is 9.69 Å². The highest BCUT2D eigenvalue weighted by atomic mass is 32.2. The minimum absolute atomic E-state index is 0.00463. The molecule has 0 aromatic heterocycles. The fourth-order valence-corrected chi connectivity index (χ4v) is 2.27. The fourth-order valence-electron chi connectivity index (χ4n) is 1.63. The number of likely N-dealkylation sites (N-methyl/N-ethyl adjacent to an activating group) is 1. The van der Waals surface area contributed by atoms with Crippen molar-refractivity contribution in [3.63, 3.8) is 0 Å². The summed E-state index contributed by atoms with van der Waals surface area (Å²) < 4.78 is 40.3. The number of ether oxygens (including phenoxy) is 1. The molecule has 20 heavy (non-hydrogen) atoms. The van der Waals surface area contributed by atoms with E-state index in [1.165, 1.54) is 19.2 Å². The van der Waals surface area contributed by atoms with Crippen LogP contribution in [0.25, 0.3) is 0 Å². The summed E-state index contributed by atoms with van der Waals surface area (Å²) in [5.41, 5.74) is 0.152. The van der Waals surface area contributed by atoms with Gasteiger partial charge >= 0.3 is 0 Å². The molecule has 0 aliphatic rings.